The van der Waals surface area contributed by atoms with Crippen molar-refractivity contribution in [1.82, 2.24) is 5.43 Å². The van der Waals surface area contributed by atoms with Crippen molar-refractivity contribution in [3.63, 3.8) is 0 Å². The molecule has 2 N–H and O–H groups in total. The van der Waals surface area contributed by atoms with Gasteiger partial charge in [0.25, 0.3) is 0 Å². The van der Waals surface area contributed by atoms with E-state index in [1.54, 1.807) is 29.5 Å². The first-order valence-corrected chi connectivity index (χ1v) is 8.24. The van der Waals surface area contributed by atoms with Crippen LogP contribution in [0.5, 0.6) is 11.5 Å². The number of carbonyl (C=O) groups is 1. The molecule has 0 saturated heterocycles. The second-order valence-electron chi connectivity index (χ2n) is 4.96. The number of nitrogens with zero attached hydrogens (tertiary/aromatic N) is 1. The Bertz CT molecular complexity index is 741. The second kappa shape index (κ2) is 9.00. The summed E-state index contributed by atoms with van der Waals surface area (Å²) in [6.07, 6.45) is -5.92. The fourth-order valence-corrected chi connectivity index (χ4v) is 2.42. The molecule has 1 aromatic rings. The molecule has 28 heavy (non-hydrogen) atoms. The SMILES string of the molecule is CCOc1cc(/C=N/NC(F)(F)C(F)(F)C(F)(F)F)cc(I)c1OCC(=O)O. The number of halogens is 8. The molecular formula is C14H12F7IN2O4. The van der Waals surface area contributed by atoms with Gasteiger partial charge in [-0.1, -0.05) is 0 Å². The molecule has 6 nitrogen and oxygen atoms in total. The van der Waals surface area contributed by atoms with Crippen molar-refractivity contribution < 1.29 is 50.1 Å². The summed E-state index contributed by atoms with van der Waals surface area (Å²) < 4.78 is 98.4. The lowest BCUT2D eigenvalue weighted by Crippen LogP contribution is -2.58. The number of ether oxygens (including phenoxy) is 2. The molecule has 0 radical (unpaired) electrons. The normalized spacial score (nSPS) is 12.9. The average Bonchev–Trinajstić information content (AvgIpc) is 2.52. The van der Waals surface area contributed by atoms with Crippen molar-refractivity contribution >= 4 is 34.8 Å². The molecule has 0 saturated carbocycles. The highest BCUT2D eigenvalue weighted by molar-refractivity contribution is 14.1. The van der Waals surface area contributed by atoms with E-state index < -0.39 is 30.7 Å². The minimum absolute atomic E-state index is 0.00974. The van der Waals surface area contributed by atoms with Crippen molar-refractivity contribution in [1.29, 1.82) is 0 Å². The van der Waals surface area contributed by atoms with Crippen molar-refractivity contribution in [3.8, 4) is 11.5 Å². The first-order chi connectivity index (χ1) is 12.7. The van der Waals surface area contributed by atoms with Gasteiger partial charge in [0.05, 0.1) is 16.4 Å². The predicted octanol–water partition coefficient (Wildman–Crippen LogP) is 3.87. The molecule has 0 aromatic heterocycles. The van der Waals surface area contributed by atoms with Gasteiger partial charge in [0.2, 0.25) is 0 Å². The third-order valence-corrected chi connectivity index (χ3v) is 3.64. The Hall–Kier alpha value is -2.00. The highest BCUT2D eigenvalue weighted by Crippen LogP contribution is 2.45. The highest BCUT2D eigenvalue weighted by atomic mass is 127. The molecule has 0 aliphatic heterocycles. The van der Waals surface area contributed by atoms with Gasteiger partial charge in [-0.05, 0) is 47.2 Å². The fraction of sp³-hybridized carbons (Fsp3) is 0.429. The van der Waals surface area contributed by atoms with Crippen LogP contribution < -0.4 is 14.9 Å². The summed E-state index contributed by atoms with van der Waals surface area (Å²) in [5, 5.41) is 11.4. The number of hydrogen-bond acceptors (Lipinski definition) is 5. The van der Waals surface area contributed by atoms with E-state index in [2.05, 4.69) is 5.10 Å². The van der Waals surface area contributed by atoms with Crippen LogP contribution in [0.15, 0.2) is 17.2 Å². The molecule has 0 atom stereocenters. The van der Waals surface area contributed by atoms with Crippen molar-refractivity contribution in [3.05, 3.63) is 21.3 Å². The molecular weight excluding hydrogens is 520 g/mol. The number of hydrazone groups is 1. The maximum absolute atomic E-state index is 13.1. The van der Waals surface area contributed by atoms with Gasteiger partial charge in [-0.15, -0.1) is 0 Å². The zero-order valence-electron chi connectivity index (χ0n) is 13.8. The molecule has 0 aliphatic carbocycles. The van der Waals surface area contributed by atoms with Crippen molar-refractivity contribution in [2.75, 3.05) is 13.2 Å². The molecule has 0 aliphatic rings. The van der Waals surface area contributed by atoms with Crippen molar-refractivity contribution in [2.45, 2.75) is 25.1 Å². The molecule has 1 aromatic carbocycles. The van der Waals surface area contributed by atoms with Crippen LogP contribution in [-0.4, -0.2) is 48.6 Å². The van der Waals surface area contributed by atoms with Crippen LogP contribution in [0.25, 0.3) is 0 Å². The molecule has 14 heteroatoms. The topological polar surface area (TPSA) is 80.1 Å². The lowest BCUT2D eigenvalue weighted by Gasteiger charge is -2.27. The third-order valence-electron chi connectivity index (χ3n) is 2.84. The molecule has 0 bridgehead atoms. The lowest BCUT2D eigenvalue weighted by atomic mass is 10.2. The first kappa shape index (κ1) is 24.0. The Morgan fingerprint density at radius 3 is 2.32 bits per heavy atom. The monoisotopic (exact) mass is 532 g/mol. The standard InChI is InChI=1S/C14H12F7IN2O4/c1-2-27-9-4-7(3-8(22)11(9)28-6-10(25)26)5-23-24-14(20,21)12(15,16)13(17,18)19/h3-5,24H,2,6H2,1H3,(H,25,26)/b23-5+. The van der Waals surface area contributed by atoms with Crippen LogP contribution in [0.1, 0.15) is 12.5 Å². The zero-order chi connectivity index (χ0) is 21.8. The number of rotatable bonds is 9. The number of aliphatic carboxylic acids is 1. The van der Waals surface area contributed by atoms with E-state index >= 15 is 0 Å². The van der Waals surface area contributed by atoms with E-state index in [1.807, 2.05) is 0 Å². The van der Waals surface area contributed by atoms with Gasteiger partial charge in [-0.25, -0.2) is 10.2 Å². The van der Waals surface area contributed by atoms with Crippen LogP contribution in [0, 0.1) is 3.57 Å². The number of carboxylic acid groups (broad SMARTS) is 1. The Balaban J connectivity index is 3.07. The van der Waals surface area contributed by atoms with E-state index in [1.165, 1.54) is 6.07 Å². The smallest absolute Gasteiger partial charge is 0.462 e. The first-order valence-electron chi connectivity index (χ1n) is 7.16. The summed E-state index contributed by atoms with van der Waals surface area (Å²) in [5.74, 6) is -7.62. The van der Waals surface area contributed by atoms with Gasteiger partial charge in [0.1, 0.15) is 0 Å². The maximum Gasteiger partial charge on any atom is 0.462 e. The van der Waals surface area contributed by atoms with Crippen LogP contribution >= 0.6 is 22.6 Å². The van der Waals surface area contributed by atoms with E-state index in [9.17, 15) is 35.5 Å². The van der Waals surface area contributed by atoms with Crippen LogP contribution in [0.4, 0.5) is 30.7 Å². The Kier molecular flexibility index (Phi) is 7.73. The quantitative estimate of drug-likeness (QED) is 0.166. The largest absolute Gasteiger partial charge is 0.490 e. The van der Waals surface area contributed by atoms with E-state index in [-0.39, 0.29) is 27.2 Å². The minimum atomic E-state index is -6.49. The summed E-state index contributed by atoms with van der Waals surface area (Å²) in [4.78, 5) is 10.6. The molecule has 0 amide bonds. The summed E-state index contributed by atoms with van der Waals surface area (Å²) in [6.45, 7) is 0.980. The number of hydrogen-bond donors (Lipinski definition) is 2. The van der Waals surface area contributed by atoms with E-state index in [0.29, 0.717) is 11.6 Å². The summed E-state index contributed by atoms with van der Waals surface area (Å²) in [6, 6.07) is -3.32. The summed E-state index contributed by atoms with van der Waals surface area (Å²) >= 11 is 1.69. The van der Waals surface area contributed by atoms with Crippen LogP contribution in [0.2, 0.25) is 0 Å². The summed E-state index contributed by atoms with van der Waals surface area (Å²) in [5.41, 5.74) is 0.475. The zero-order valence-corrected chi connectivity index (χ0v) is 15.9. The Morgan fingerprint density at radius 2 is 1.82 bits per heavy atom. The Morgan fingerprint density at radius 1 is 1.21 bits per heavy atom. The molecule has 0 unspecified atom stereocenters. The molecule has 1 rings (SSSR count). The van der Waals surface area contributed by atoms with Gasteiger partial charge < -0.3 is 14.6 Å². The van der Waals surface area contributed by atoms with Gasteiger partial charge in [0.15, 0.2) is 18.1 Å². The summed E-state index contributed by atoms with van der Waals surface area (Å²) in [7, 11) is 0. The number of carboxylic acids is 1. The molecule has 0 fully saturated rings. The van der Waals surface area contributed by atoms with Crippen LogP contribution in [-0.2, 0) is 4.79 Å². The molecule has 0 heterocycles. The van der Waals surface area contributed by atoms with Gasteiger partial charge in [-0.3, -0.25) is 0 Å². The average molecular weight is 532 g/mol. The molecule has 158 valence electrons. The Labute approximate surface area is 166 Å². The fourth-order valence-electron chi connectivity index (χ4n) is 1.64. The van der Waals surface area contributed by atoms with E-state index in [0.717, 1.165) is 6.07 Å². The number of nitrogens with one attached hydrogen (secondary N) is 1. The number of benzene rings is 1. The second-order valence-corrected chi connectivity index (χ2v) is 6.12. The van der Waals surface area contributed by atoms with Gasteiger partial charge >= 0.3 is 24.1 Å². The van der Waals surface area contributed by atoms with Crippen LogP contribution in [0.3, 0.4) is 0 Å². The van der Waals surface area contributed by atoms with E-state index in [4.69, 9.17) is 14.6 Å². The maximum atomic E-state index is 13.1. The van der Waals surface area contributed by atoms with Gasteiger partial charge in [0, 0.05) is 0 Å². The van der Waals surface area contributed by atoms with Crippen molar-refractivity contribution in [2.24, 2.45) is 5.10 Å². The highest BCUT2D eigenvalue weighted by Gasteiger charge is 2.73. The third kappa shape index (κ3) is 5.75. The number of alkyl halides is 7. The molecule has 0 spiro atoms. The van der Waals surface area contributed by atoms with Gasteiger partial charge in [-0.2, -0.15) is 35.8 Å². The predicted molar refractivity (Wildman–Crippen MR) is 90.1 cm³/mol. The minimum Gasteiger partial charge on any atom is -0.490 e. The lowest BCUT2D eigenvalue weighted by molar-refractivity contribution is -0.361.